The second-order valence-corrected chi connectivity index (χ2v) is 6.90. The van der Waals surface area contributed by atoms with Crippen LogP contribution in [0.1, 0.15) is 18.4 Å². The average Bonchev–Trinajstić information content (AvgIpc) is 2.95. The third-order valence-electron chi connectivity index (χ3n) is 3.50. The van der Waals surface area contributed by atoms with Crippen LogP contribution in [0.5, 0.6) is 0 Å². The summed E-state index contributed by atoms with van der Waals surface area (Å²) in [6.45, 7) is 2.35. The lowest BCUT2D eigenvalue weighted by atomic mass is 10.2. The van der Waals surface area contributed by atoms with E-state index >= 15 is 0 Å². The Balaban J connectivity index is 2.24. The van der Waals surface area contributed by atoms with Gasteiger partial charge < -0.3 is 5.32 Å². The van der Waals surface area contributed by atoms with Gasteiger partial charge in [0.1, 0.15) is 6.04 Å². The van der Waals surface area contributed by atoms with Gasteiger partial charge in [-0.1, -0.05) is 23.6 Å². The first-order chi connectivity index (χ1) is 9.96. The van der Waals surface area contributed by atoms with E-state index in [2.05, 4.69) is 11.2 Å². The molecular formula is C15H18N2O3S. The van der Waals surface area contributed by atoms with E-state index in [0.717, 1.165) is 5.56 Å². The Hall–Kier alpha value is -1.84. The van der Waals surface area contributed by atoms with E-state index in [0.29, 0.717) is 19.4 Å². The molecule has 1 N–H and O–H groups in total. The average molecular weight is 306 g/mol. The van der Waals surface area contributed by atoms with Crippen molar-refractivity contribution in [2.24, 2.45) is 0 Å². The smallest absolute Gasteiger partial charge is 0.243 e. The summed E-state index contributed by atoms with van der Waals surface area (Å²) in [5, 5.41) is 2.56. The summed E-state index contributed by atoms with van der Waals surface area (Å²) in [6.07, 6.45) is 6.29. The Labute approximate surface area is 125 Å². The third kappa shape index (κ3) is 3.26. The van der Waals surface area contributed by atoms with Crippen molar-refractivity contribution < 1.29 is 13.2 Å². The molecule has 0 bridgehead atoms. The maximum Gasteiger partial charge on any atom is 0.243 e. The molecule has 21 heavy (non-hydrogen) atoms. The molecule has 0 aliphatic carbocycles. The SMILES string of the molecule is C#CCNC(=O)[C@@H]1CCCN1S(=O)(=O)c1ccc(C)cc1. The maximum absolute atomic E-state index is 12.6. The molecule has 1 aromatic carbocycles. The second kappa shape index (κ2) is 6.29. The third-order valence-corrected chi connectivity index (χ3v) is 5.42. The molecule has 1 aliphatic heterocycles. The molecule has 0 spiro atoms. The van der Waals surface area contributed by atoms with Crippen LogP contribution in [0.25, 0.3) is 0 Å². The van der Waals surface area contributed by atoms with E-state index in [1.807, 2.05) is 6.92 Å². The van der Waals surface area contributed by atoms with Gasteiger partial charge in [0.25, 0.3) is 0 Å². The molecule has 0 unspecified atom stereocenters. The van der Waals surface area contributed by atoms with Gasteiger partial charge in [-0.05, 0) is 31.9 Å². The van der Waals surface area contributed by atoms with Gasteiger partial charge in [-0.3, -0.25) is 4.79 Å². The predicted octanol–water partition coefficient (Wildman–Crippen LogP) is 0.898. The first-order valence-electron chi connectivity index (χ1n) is 6.76. The number of terminal acetylenes is 1. The fourth-order valence-electron chi connectivity index (χ4n) is 2.39. The number of benzene rings is 1. The van der Waals surface area contributed by atoms with Gasteiger partial charge in [0.2, 0.25) is 15.9 Å². The topological polar surface area (TPSA) is 66.5 Å². The highest BCUT2D eigenvalue weighted by atomic mass is 32.2. The standard InChI is InChI=1S/C15H18N2O3S/c1-3-10-16-15(18)14-5-4-11-17(14)21(19,20)13-8-6-12(2)7-9-13/h1,6-9,14H,4-5,10-11H2,2H3,(H,16,18)/t14-/m0/s1. The molecule has 1 aromatic rings. The van der Waals surface area contributed by atoms with Crippen molar-refractivity contribution in [1.29, 1.82) is 0 Å². The molecule has 112 valence electrons. The van der Waals surface area contributed by atoms with Gasteiger partial charge in [0.15, 0.2) is 0 Å². The van der Waals surface area contributed by atoms with Crippen molar-refractivity contribution in [2.75, 3.05) is 13.1 Å². The van der Waals surface area contributed by atoms with Crippen LogP contribution in [0, 0.1) is 19.3 Å². The van der Waals surface area contributed by atoms with Gasteiger partial charge in [-0.25, -0.2) is 8.42 Å². The molecule has 2 rings (SSSR count). The van der Waals surface area contributed by atoms with Crippen molar-refractivity contribution in [3.8, 4) is 12.3 Å². The van der Waals surface area contributed by atoms with Crippen LogP contribution in [0.3, 0.4) is 0 Å². The van der Waals surface area contributed by atoms with Gasteiger partial charge in [0.05, 0.1) is 11.4 Å². The Kier molecular flexibility index (Phi) is 4.66. The summed E-state index contributed by atoms with van der Waals surface area (Å²) in [5.41, 5.74) is 0.985. The Morgan fingerprint density at radius 1 is 1.43 bits per heavy atom. The number of hydrogen-bond donors (Lipinski definition) is 1. The van der Waals surface area contributed by atoms with E-state index in [-0.39, 0.29) is 17.3 Å². The number of carbonyl (C=O) groups excluding carboxylic acids is 1. The van der Waals surface area contributed by atoms with Crippen molar-refractivity contribution in [3.05, 3.63) is 29.8 Å². The van der Waals surface area contributed by atoms with Crippen LogP contribution in [-0.2, 0) is 14.8 Å². The molecule has 6 heteroatoms. The first kappa shape index (κ1) is 15.5. The van der Waals surface area contributed by atoms with Gasteiger partial charge in [0, 0.05) is 6.54 Å². The largest absolute Gasteiger partial charge is 0.344 e. The number of aryl methyl sites for hydroxylation is 1. The quantitative estimate of drug-likeness (QED) is 0.840. The molecule has 1 atom stereocenters. The maximum atomic E-state index is 12.6. The Morgan fingerprint density at radius 2 is 2.10 bits per heavy atom. The number of hydrogen-bond acceptors (Lipinski definition) is 3. The number of nitrogens with zero attached hydrogens (tertiary/aromatic N) is 1. The van der Waals surface area contributed by atoms with E-state index in [9.17, 15) is 13.2 Å². The lowest BCUT2D eigenvalue weighted by molar-refractivity contribution is -0.123. The van der Waals surface area contributed by atoms with Crippen molar-refractivity contribution in [2.45, 2.75) is 30.7 Å². The van der Waals surface area contributed by atoms with E-state index < -0.39 is 16.1 Å². The summed E-state index contributed by atoms with van der Waals surface area (Å²) in [6, 6.07) is 5.95. The highest BCUT2D eigenvalue weighted by Crippen LogP contribution is 2.26. The highest BCUT2D eigenvalue weighted by molar-refractivity contribution is 7.89. The van der Waals surface area contributed by atoms with Crippen molar-refractivity contribution >= 4 is 15.9 Å². The van der Waals surface area contributed by atoms with Gasteiger partial charge in [-0.2, -0.15) is 4.31 Å². The van der Waals surface area contributed by atoms with E-state index in [1.165, 1.54) is 4.31 Å². The van der Waals surface area contributed by atoms with Crippen LogP contribution in [0.15, 0.2) is 29.2 Å². The molecule has 1 aliphatic rings. The number of nitrogens with one attached hydrogen (secondary N) is 1. The molecule has 5 nitrogen and oxygen atoms in total. The summed E-state index contributed by atoms with van der Waals surface area (Å²) >= 11 is 0. The zero-order chi connectivity index (χ0) is 15.5. The monoisotopic (exact) mass is 306 g/mol. The number of rotatable bonds is 4. The number of sulfonamides is 1. The fraction of sp³-hybridized carbons (Fsp3) is 0.400. The van der Waals surface area contributed by atoms with Crippen LogP contribution in [-0.4, -0.2) is 37.8 Å². The van der Waals surface area contributed by atoms with E-state index in [4.69, 9.17) is 6.42 Å². The minimum absolute atomic E-state index is 0.105. The predicted molar refractivity (Wildman–Crippen MR) is 79.9 cm³/mol. The minimum Gasteiger partial charge on any atom is -0.344 e. The van der Waals surface area contributed by atoms with Gasteiger partial charge >= 0.3 is 0 Å². The van der Waals surface area contributed by atoms with E-state index in [1.54, 1.807) is 24.3 Å². The zero-order valence-electron chi connectivity index (χ0n) is 11.9. The molecule has 1 amide bonds. The molecule has 1 heterocycles. The fourth-order valence-corrected chi connectivity index (χ4v) is 4.05. The first-order valence-corrected chi connectivity index (χ1v) is 8.20. The molecular weight excluding hydrogens is 288 g/mol. The van der Waals surface area contributed by atoms with Crippen molar-refractivity contribution in [3.63, 3.8) is 0 Å². The van der Waals surface area contributed by atoms with Crippen molar-refractivity contribution in [1.82, 2.24) is 9.62 Å². The molecule has 1 fully saturated rings. The van der Waals surface area contributed by atoms with Crippen LogP contribution < -0.4 is 5.32 Å². The number of carbonyl (C=O) groups is 1. The summed E-state index contributed by atoms with van der Waals surface area (Å²) in [7, 11) is -3.65. The molecule has 1 saturated heterocycles. The van der Waals surface area contributed by atoms with Crippen LogP contribution >= 0.6 is 0 Å². The normalized spacial score (nSPS) is 19.1. The highest BCUT2D eigenvalue weighted by Gasteiger charge is 2.39. The number of amides is 1. The van der Waals surface area contributed by atoms with Crippen LogP contribution in [0.4, 0.5) is 0 Å². The lowest BCUT2D eigenvalue weighted by Crippen LogP contribution is -2.45. The summed E-state index contributed by atoms with van der Waals surface area (Å²) in [5.74, 6) is 1.98. The second-order valence-electron chi connectivity index (χ2n) is 5.01. The Morgan fingerprint density at radius 3 is 2.71 bits per heavy atom. The van der Waals surface area contributed by atoms with Crippen LogP contribution in [0.2, 0.25) is 0 Å². The summed E-state index contributed by atoms with van der Waals surface area (Å²) in [4.78, 5) is 12.2. The molecule has 0 aromatic heterocycles. The van der Waals surface area contributed by atoms with Gasteiger partial charge in [-0.15, -0.1) is 6.42 Å². The lowest BCUT2D eigenvalue weighted by Gasteiger charge is -2.23. The molecule has 0 saturated carbocycles. The summed E-state index contributed by atoms with van der Waals surface area (Å²) < 4.78 is 26.5. The Bertz CT molecular complexity index is 659. The zero-order valence-corrected chi connectivity index (χ0v) is 12.7. The minimum atomic E-state index is -3.65. The molecule has 0 radical (unpaired) electrons.